The average molecular weight is 731 g/mol. The van der Waals surface area contributed by atoms with E-state index in [4.69, 9.17) is 23.8 Å². The van der Waals surface area contributed by atoms with Crippen molar-refractivity contribution in [3.63, 3.8) is 0 Å². The molecule has 12 rings (SSSR count). The Morgan fingerprint density at radius 3 is 1.82 bits per heavy atom. The number of fused-ring (bicyclic) bond motifs is 9. The van der Waals surface area contributed by atoms with Crippen LogP contribution in [0.15, 0.2) is 191 Å². The first kappa shape index (κ1) is 31.5. The zero-order valence-corrected chi connectivity index (χ0v) is 30.4. The maximum atomic E-state index is 6.54. The van der Waals surface area contributed by atoms with E-state index >= 15 is 0 Å². The van der Waals surface area contributed by atoms with Crippen molar-refractivity contribution in [1.29, 1.82) is 0 Å². The fraction of sp³-hybridized carbons (Fsp3) is 0. The third-order valence-corrected chi connectivity index (χ3v) is 11.1. The van der Waals surface area contributed by atoms with Gasteiger partial charge in [-0.25, -0.2) is 15.0 Å². The van der Waals surface area contributed by atoms with Gasteiger partial charge in [0.15, 0.2) is 17.5 Å². The van der Waals surface area contributed by atoms with E-state index in [9.17, 15) is 0 Å². The van der Waals surface area contributed by atoms with Gasteiger partial charge in [0, 0.05) is 54.7 Å². The van der Waals surface area contributed by atoms with Gasteiger partial charge in [-0.3, -0.25) is 0 Å². The van der Waals surface area contributed by atoms with Gasteiger partial charge in [0.1, 0.15) is 22.3 Å². The molecule has 0 radical (unpaired) electrons. The molecule has 4 aromatic heterocycles. The molecule has 4 heterocycles. The summed E-state index contributed by atoms with van der Waals surface area (Å²) >= 11 is 0. The molecule has 0 saturated heterocycles. The van der Waals surface area contributed by atoms with Crippen molar-refractivity contribution >= 4 is 65.7 Å². The quantitative estimate of drug-likeness (QED) is 0.176. The Bertz CT molecular complexity index is 3530. The number of hydrogen-bond acceptors (Lipinski definition) is 5. The summed E-state index contributed by atoms with van der Waals surface area (Å²) in [6.07, 6.45) is 0. The van der Waals surface area contributed by atoms with E-state index in [1.807, 2.05) is 66.7 Å². The van der Waals surface area contributed by atoms with Gasteiger partial charge >= 0.3 is 0 Å². The van der Waals surface area contributed by atoms with Crippen LogP contribution in [-0.2, 0) is 0 Å². The molecule has 0 unspecified atom stereocenters. The van der Waals surface area contributed by atoms with Gasteiger partial charge in [0.05, 0.1) is 11.0 Å². The average Bonchev–Trinajstić information content (AvgIpc) is 3.96. The highest BCUT2D eigenvalue weighted by molar-refractivity contribution is 6.18. The first-order valence-corrected chi connectivity index (χ1v) is 19.0. The van der Waals surface area contributed by atoms with E-state index in [0.29, 0.717) is 17.5 Å². The van der Waals surface area contributed by atoms with Crippen LogP contribution >= 0.6 is 0 Å². The van der Waals surface area contributed by atoms with Crippen molar-refractivity contribution in [3.05, 3.63) is 182 Å². The summed E-state index contributed by atoms with van der Waals surface area (Å²) in [6, 6.07) is 62.7. The minimum absolute atomic E-state index is 0.563. The van der Waals surface area contributed by atoms with Crippen LogP contribution in [-0.4, -0.2) is 19.5 Å². The summed E-state index contributed by atoms with van der Waals surface area (Å²) in [6.45, 7) is 0. The highest BCUT2D eigenvalue weighted by Gasteiger charge is 2.21. The molecule has 0 fully saturated rings. The smallest absolute Gasteiger partial charge is 0.164 e. The first-order valence-electron chi connectivity index (χ1n) is 19.0. The van der Waals surface area contributed by atoms with Crippen LogP contribution in [0, 0.1) is 0 Å². The zero-order valence-electron chi connectivity index (χ0n) is 30.4. The lowest BCUT2D eigenvalue weighted by atomic mass is 9.97. The molecule has 266 valence electrons. The molecule has 0 saturated carbocycles. The van der Waals surface area contributed by atoms with E-state index < -0.39 is 0 Å². The fourth-order valence-corrected chi connectivity index (χ4v) is 8.50. The second-order valence-corrected chi connectivity index (χ2v) is 14.4. The van der Waals surface area contributed by atoms with Crippen molar-refractivity contribution in [2.75, 3.05) is 0 Å². The van der Waals surface area contributed by atoms with E-state index in [1.165, 1.54) is 16.3 Å². The van der Waals surface area contributed by atoms with Crippen LogP contribution in [0.1, 0.15) is 0 Å². The number of nitrogens with zero attached hydrogens (tertiary/aromatic N) is 4. The molecule has 0 N–H and O–H groups in total. The summed E-state index contributed by atoms with van der Waals surface area (Å²) in [5, 5.41) is 6.50. The Labute approximate surface area is 325 Å². The predicted molar refractivity (Wildman–Crippen MR) is 230 cm³/mol. The van der Waals surface area contributed by atoms with E-state index in [-0.39, 0.29) is 0 Å². The normalized spacial score (nSPS) is 11.9. The van der Waals surface area contributed by atoms with Crippen LogP contribution in [0.5, 0.6) is 0 Å². The molecular weight excluding hydrogens is 701 g/mol. The van der Waals surface area contributed by atoms with Crippen LogP contribution in [0.25, 0.3) is 117 Å². The molecule has 8 aromatic carbocycles. The van der Waals surface area contributed by atoms with E-state index in [2.05, 4.69) is 120 Å². The summed E-state index contributed by atoms with van der Waals surface area (Å²) in [7, 11) is 0. The number of para-hydroxylation sites is 3. The van der Waals surface area contributed by atoms with Crippen molar-refractivity contribution < 1.29 is 8.83 Å². The molecular formula is C51H30N4O2. The SMILES string of the molecule is c1ccc(-c2nc(-c3ccc4c(c3)oc3ccccc34)nc(-c3cccc4oc5ccc(-c6cccc7c6c6ccccc6n7-c6ccccc6)cc5c34)n2)cc1. The number of furan rings is 2. The lowest BCUT2D eigenvalue weighted by Crippen LogP contribution is -2.00. The summed E-state index contributed by atoms with van der Waals surface area (Å²) in [5.41, 5.74) is 11.5. The largest absolute Gasteiger partial charge is 0.456 e. The Morgan fingerprint density at radius 2 is 0.947 bits per heavy atom. The lowest BCUT2D eigenvalue weighted by molar-refractivity contribution is 0.668. The Morgan fingerprint density at radius 1 is 0.333 bits per heavy atom. The van der Waals surface area contributed by atoms with Crippen LogP contribution < -0.4 is 0 Å². The summed E-state index contributed by atoms with van der Waals surface area (Å²) < 4.78 is 15.2. The third kappa shape index (κ3) is 4.94. The van der Waals surface area contributed by atoms with Gasteiger partial charge in [-0.05, 0) is 71.8 Å². The number of benzene rings is 8. The maximum absolute atomic E-state index is 6.54. The van der Waals surface area contributed by atoms with Gasteiger partial charge in [-0.1, -0.05) is 121 Å². The molecule has 12 aromatic rings. The Hall–Kier alpha value is -7.83. The molecule has 6 heteroatoms. The van der Waals surface area contributed by atoms with Crippen molar-refractivity contribution in [3.8, 4) is 51.0 Å². The molecule has 0 bridgehead atoms. The van der Waals surface area contributed by atoms with Gasteiger partial charge in [-0.2, -0.15) is 0 Å². The number of rotatable bonds is 5. The van der Waals surface area contributed by atoms with Crippen molar-refractivity contribution in [2.24, 2.45) is 0 Å². The molecule has 6 nitrogen and oxygen atoms in total. The second kappa shape index (κ2) is 12.3. The van der Waals surface area contributed by atoms with Gasteiger partial charge < -0.3 is 13.4 Å². The van der Waals surface area contributed by atoms with Gasteiger partial charge in [0.2, 0.25) is 0 Å². The second-order valence-electron chi connectivity index (χ2n) is 14.4. The molecule has 0 amide bonds. The number of hydrogen-bond donors (Lipinski definition) is 0. The molecule has 0 aliphatic rings. The zero-order chi connectivity index (χ0) is 37.5. The lowest BCUT2D eigenvalue weighted by Gasteiger charge is -2.10. The Kier molecular flexibility index (Phi) is 6.83. The maximum Gasteiger partial charge on any atom is 0.164 e. The number of aromatic nitrogens is 4. The molecule has 0 spiro atoms. The van der Waals surface area contributed by atoms with E-state index in [1.54, 1.807) is 0 Å². The van der Waals surface area contributed by atoms with Gasteiger partial charge in [0.25, 0.3) is 0 Å². The minimum Gasteiger partial charge on any atom is -0.456 e. The van der Waals surface area contributed by atoms with E-state index in [0.717, 1.165) is 82.9 Å². The van der Waals surface area contributed by atoms with Crippen LogP contribution in [0.2, 0.25) is 0 Å². The topological polar surface area (TPSA) is 69.9 Å². The van der Waals surface area contributed by atoms with Gasteiger partial charge in [-0.15, -0.1) is 0 Å². The molecule has 0 aliphatic carbocycles. The van der Waals surface area contributed by atoms with Crippen molar-refractivity contribution in [1.82, 2.24) is 19.5 Å². The summed E-state index contributed by atoms with van der Waals surface area (Å²) in [4.78, 5) is 15.3. The molecule has 0 aliphatic heterocycles. The minimum atomic E-state index is 0.563. The van der Waals surface area contributed by atoms with Crippen LogP contribution in [0.3, 0.4) is 0 Å². The summed E-state index contributed by atoms with van der Waals surface area (Å²) in [5.74, 6) is 1.72. The first-order chi connectivity index (χ1) is 28.2. The molecule has 57 heavy (non-hydrogen) atoms. The monoisotopic (exact) mass is 730 g/mol. The standard InChI is InChI=1S/C51H30N4O2/c1-3-13-31(14-4-1)49-52-50(33-25-27-37-36-17-8-10-23-43(36)57-46(37)30-33)54-51(53-49)39-20-12-24-45-48(39)40-29-32(26-28-44(40)56-45)35-19-11-22-42-47(35)38-18-7-9-21-41(38)55(42)34-15-5-2-6-16-34/h1-30H. The fourth-order valence-electron chi connectivity index (χ4n) is 8.50. The van der Waals surface area contributed by atoms with Crippen LogP contribution in [0.4, 0.5) is 0 Å². The van der Waals surface area contributed by atoms with Crippen molar-refractivity contribution in [2.45, 2.75) is 0 Å². The highest BCUT2D eigenvalue weighted by Crippen LogP contribution is 2.42. The molecule has 0 atom stereocenters. The third-order valence-electron chi connectivity index (χ3n) is 11.1. The Balaban J connectivity index is 1.07. The highest BCUT2D eigenvalue weighted by atomic mass is 16.3. The predicted octanol–water partition coefficient (Wildman–Crippen LogP) is 13.4.